The van der Waals surface area contributed by atoms with E-state index in [9.17, 15) is 13.2 Å². The Bertz CT molecular complexity index is 499. The Balaban J connectivity index is 0. The van der Waals surface area contributed by atoms with Crippen LogP contribution in [0.25, 0.3) is 0 Å². The van der Waals surface area contributed by atoms with Crippen molar-refractivity contribution in [3.05, 3.63) is 44.5 Å². The first-order valence-electron chi connectivity index (χ1n) is 6.04. The molecule has 0 atom stereocenters. The molecule has 0 unspecified atom stereocenters. The molecule has 0 heterocycles. The molecule has 0 saturated carbocycles. The van der Waals surface area contributed by atoms with E-state index in [0.717, 1.165) is 19.3 Å². The predicted molar refractivity (Wildman–Crippen MR) is 81.7 cm³/mol. The van der Waals surface area contributed by atoms with E-state index in [0.29, 0.717) is 5.69 Å². The molecule has 0 aliphatic heterocycles. The van der Waals surface area contributed by atoms with E-state index in [1.165, 1.54) is 18.6 Å². The molecule has 0 saturated heterocycles. The fourth-order valence-corrected chi connectivity index (χ4v) is 1.76. The second-order valence-electron chi connectivity index (χ2n) is 3.82. The van der Waals surface area contributed by atoms with E-state index in [-0.39, 0.29) is 29.7 Å². The number of anilines is 1. The minimum Gasteiger partial charge on any atom is -0.376 e. The molecule has 1 aromatic carbocycles. The van der Waals surface area contributed by atoms with Gasteiger partial charge >= 0.3 is 18.9 Å². The molecular weight excluding hydrogens is 283 g/mol. The van der Waals surface area contributed by atoms with Gasteiger partial charge in [-0.15, -0.1) is 13.1 Å². The number of hydrogen-bond donors (Lipinski definition) is 2. The Hall–Kier alpha value is -0.933. The van der Waals surface area contributed by atoms with Crippen LogP contribution in [0.5, 0.6) is 0 Å². The van der Waals surface area contributed by atoms with Gasteiger partial charge in [-0.1, -0.05) is 0 Å². The number of hydrogen-bond acceptors (Lipinski definition) is 4. The molecular formula is C14H21LiN2O3S-2. The fourth-order valence-electron chi connectivity index (χ4n) is 1.12. The summed E-state index contributed by atoms with van der Waals surface area (Å²) in [6.07, 6.45) is 2.53. The molecule has 2 N–H and O–H groups in total. The van der Waals surface area contributed by atoms with E-state index in [4.69, 9.17) is 0 Å². The Kier molecular flexibility index (Phi) is 12.4. The van der Waals surface area contributed by atoms with Gasteiger partial charge in [0.1, 0.15) is 0 Å². The molecule has 1 aromatic rings. The van der Waals surface area contributed by atoms with Gasteiger partial charge in [-0.05, 0) is 24.3 Å². The number of rotatable bonds is 5. The Morgan fingerprint density at radius 3 is 1.95 bits per heavy atom. The monoisotopic (exact) mass is 304 g/mol. The zero-order chi connectivity index (χ0) is 15.6. The fraction of sp³-hybridized carbons (Fsp3) is 0.286. The van der Waals surface area contributed by atoms with Crippen LogP contribution >= 0.6 is 0 Å². The molecule has 0 radical (unpaired) electrons. The maximum atomic E-state index is 11.1. The largest absolute Gasteiger partial charge is 1.00 e. The van der Waals surface area contributed by atoms with Crippen LogP contribution in [0.4, 0.5) is 5.69 Å². The van der Waals surface area contributed by atoms with Crippen molar-refractivity contribution in [2.45, 2.75) is 11.8 Å². The zero-order valence-electron chi connectivity index (χ0n) is 12.8. The van der Waals surface area contributed by atoms with E-state index < -0.39 is 9.84 Å². The van der Waals surface area contributed by atoms with Gasteiger partial charge in [-0.2, -0.15) is 6.92 Å². The normalized spacial score (nSPS) is 9.71. The molecule has 0 spiro atoms. The topological polar surface area (TPSA) is 75.3 Å². The van der Waals surface area contributed by atoms with Gasteiger partial charge in [0.05, 0.1) is 10.8 Å². The van der Waals surface area contributed by atoms with Gasteiger partial charge < -0.3 is 35.7 Å². The standard InChI is InChI=1S/C10H12NO3S.C4H9N.Li/c1-3-10(12)11-8-4-6-9(7-5-8)15(2,13)14;1-3-5-4-2;/h3-7H,1-2H3,(H,11,12);5H,1-4H2;/q-1;-2;+1. The molecule has 21 heavy (non-hydrogen) atoms. The second kappa shape index (κ2) is 11.7. The Morgan fingerprint density at radius 1 is 1.19 bits per heavy atom. The Labute approximate surface area is 140 Å². The van der Waals surface area contributed by atoms with Crippen molar-refractivity contribution < 1.29 is 32.1 Å². The number of benzene rings is 1. The van der Waals surface area contributed by atoms with Crippen molar-refractivity contribution in [1.82, 2.24) is 5.32 Å². The number of sulfone groups is 1. The first-order chi connectivity index (χ1) is 9.35. The summed E-state index contributed by atoms with van der Waals surface area (Å²) in [4.78, 5) is 11.2. The van der Waals surface area contributed by atoms with Crippen LogP contribution in [0, 0.1) is 20.3 Å². The van der Waals surface area contributed by atoms with E-state index in [2.05, 4.69) is 24.5 Å². The third-order valence-electron chi connectivity index (χ3n) is 2.17. The number of carbonyl (C=O) groups is 1. The first kappa shape index (κ1) is 22.4. The number of amides is 1. The molecule has 0 fully saturated rings. The van der Waals surface area contributed by atoms with Gasteiger partial charge in [0.15, 0.2) is 9.84 Å². The third-order valence-corrected chi connectivity index (χ3v) is 3.29. The van der Waals surface area contributed by atoms with E-state index in [1.54, 1.807) is 19.1 Å². The molecule has 7 heteroatoms. The van der Waals surface area contributed by atoms with Crippen molar-refractivity contribution in [3.8, 4) is 0 Å². The van der Waals surface area contributed by atoms with E-state index in [1.807, 2.05) is 0 Å². The van der Waals surface area contributed by atoms with Gasteiger partial charge in [0.25, 0.3) is 0 Å². The first-order valence-corrected chi connectivity index (χ1v) is 7.94. The van der Waals surface area contributed by atoms with E-state index >= 15 is 0 Å². The smallest absolute Gasteiger partial charge is 0.376 e. The summed E-state index contributed by atoms with van der Waals surface area (Å²) in [5.41, 5.74) is 0.575. The summed E-state index contributed by atoms with van der Waals surface area (Å²) in [6.45, 7) is 10.2. The molecule has 1 amide bonds. The van der Waals surface area contributed by atoms with Crippen molar-refractivity contribution in [3.63, 3.8) is 0 Å². The molecule has 0 aromatic heterocycles. The summed E-state index contributed by atoms with van der Waals surface area (Å²) in [6, 6.07) is 6.02. The SMILES string of the molecule is C[CH-]C(=O)Nc1ccc(S(C)(=O)=O)cc1.[CH2-]CNC[CH2-].[Li+]. The maximum absolute atomic E-state index is 11.1. The second-order valence-corrected chi connectivity index (χ2v) is 5.84. The molecule has 5 nitrogen and oxygen atoms in total. The van der Waals surface area contributed by atoms with Crippen LogP contribution in [-0.4, -0.2) is 33.7 Å². The third kappa shape index (κ3) is 10.4. The van der Waals surface area contributed by atoms with Gasteiger partial charge in [0.2, 0.25) is 0 Å². The zero-order valence-corrected chi connectivity index (χ0v) is 13.7. The van der Waals surface area contributed by atoms with Crippen molar-refractivity contribution in [2.75, 3.05) is 24.7 Å². The molecule has 0 bridgehead atoms. The average molecular weight is 304 g/mol. The predicted octanol–water partition coefficient (Wildman–Crippen LogP) is -1.50. The summed E-state index contributed by atoms with van der Waals surface area (Å²) < 4.78 is 22.3. The number of nitrogens with one attached hydrogen (secondary N) is 2. The van der Waals surface area contributed by atoms with Crippen LogP contribution in [0.2, 0.25) is 0 Å². The summed E-state index contributed by atoms with van der Waals surface area (Å²) in [7, 11) is -3.17. The molecule has 0 aliphatic carbocycles. The minimum absolute atomic E-state index is 0. The molecule has 1 rings (SSSR count). The van der Waals surface area contributed by atoms with Crippen molar-refractivity contribution in [1.29, 1.82) is 0 Å². The van der Waals surface area contributed by atoms with Gasteiger partial charge in [-0.25, -0.2) is 8.42 Å². The van der Waals surface area contributed by atoms with Crippen LogP contribution in [0.3, 0.4) is 0 Å². The van der Waals surface area contributed by atoms with Crippen LogP contribution in [0.1, 0.15) is 6.92 Å². The van der Waals surface area contributed by atoms with Crippen LogP contribution in [0.15, 0.2) is 29.2 Å². The van der Waals surface area contributed by atoms with Gasteiger partial charge in [-0.3, -0.25) is 0 Å². The summed E-state index contributed by atoms with van der Waals surface area (Å²) >= 11 is 0. The Morgan fingerprint density at radius 2 is 1.67 bits per heavy atom. The van der Waals surface area contributed by atoms with Gasteiger partial charge in [0, 0.05) is 11.9 Å². The van der Waals surface area contributed by atoms with Crippen LogP contribution < -0.4 is 29.5 Å². The maximum Gasteiger partial charge on any atom is 1.00 e. The average Bonchev–Trinajstić information content (AvgIpc) is 2.40. The summed E-state index contributed by atoms with van der Waals surface area (Å²) in [5.74, 6) is -0.220. The molecule has 0 aliphatic rings. The van der Waals surface area contributed by atoms with Crippen molar-refractivity contribution in [2.24, 2.45) is 0 Å². The quantitative estimate of drug-likeness (QED) is 0.513. The summed E-state index contributed by atoms with van der Waals surface area (Å²) in [5, 5.41) is 5.47. The minimum atomic E-state index is -3.17. The molecule has 114 valence electrons. The number of carbonyl (C=O) groups excluding carboxylic acids is 1. The van der Waals surface area contributed by atoms with Crippen LogP contribution in [-0.2, 0) is 14.6 Å². The van der Waals surface area contributed by atoms with Crippen molar-refractivity contribution >= 4 is 21.4 Å².